The van der Waals surface area contributed by atoms with Crippen LogP contribution >= 0.6 is 15.9 Å². The zero-order valence-corrected chi connectivity index (χ0v) is 13.3. The van der Waals surface area contributed by atoms with Gasteiger partial charge in [0.2, 0.25) is 0 Å². The van der Waals surface area contributed by atoms with Crippen molar-refractivity contribution < 1.29 is 4.79 Å². The zero-order valence-electron chi connectivity index (χ0n) is 11.7. The molecule has 1 aromatic carbocycles. The van der Waals surface area contributed by atoms with Crippen molar-refractivity contribution in [3.05, 3.63) is 34.3 Å². The van der Waals surface area contributed by atoms with E-state index in [2.05, 4.69) is 34.7 Å². The Balaban J connectivity index is 2.03. The number of carbonyl (C=O) groups excluding carboxylic acids is 1. The number of hydrogen-bond acceptors (Lipinski definition) is 2. The van der Waals surface area contributed by atoms with Crippen LogP contribution in [0.3, 0.4) is 0 Å². The van der Waals surface area contributed by atoms with Crippen molar-refractivity contribution in [2.75, 3.05) is 13.1 Å². The van der Waals surface area contributed by atoms with Crippen LogP contribution in [0.1, 0.15) is 43.5 Å². The van der Waals surface area contributed by atoms with Crippen LogP contribution in [0, 0.1) is 5.92 Å². The molecule has 2 nitrogen and oxygen atoms in total. The number of benzene rings is 1. The quantitative estimate of drug-likeness (QED) is 0.776. The van der Waals surface area contributed by atoms with E-state index in [4.69, 9.17) is 0 Å². The fourth-order valence-corrected chi connectivity index (χ4v) is 3.28. The highest BCUT2D eigenvalue weighted by molar-refractivity contribution is 9.10. The molecule has 1 saturated heterocycles. The maximum Gasteiger partial charge on any atom is 0.177 e. The van der Waals surface area contributed by atoms with Crippen LogP contribution in [0.5, 0.6) is 0 Å². The van der Waals surface area contributed by atoms with Gasteiger partial charge in [0.15, 0.2) is 5.78 Å². The molecule has 0 amide bonds. The lowest BCUT2D eigenvalue weighted by molar-refractivity contribution is 0.0784. The Morgan fingerprint density at radius 1 is 1.37 bits per heavy atom. The molecule has 1 aliphatic heterocycles. The predicted octanol–water partition coefficient (Wildman–Crippen LogP) is 4.14. The molecule has 0 spiro atoms. The maximum absolute atomic E-state index is 12.4. The summed E-state index contributed by atoms with van der Waals surface area (Å²) in [5.41, 5.74) is 0.799. The summed E-state index contributed by atoms with van der Waals surface area (Å²) < 4.78 is 0.900. The third kappa shape index (κ3) is 3.67. The Morgan fingerprint density at radius 2 is 2.11 bits per heavy atom. The minimum atomic E-state index is 0.219. The van der Waals surface area contributed by atoms with E-state index in [-0.39, 0.29) is 5.78 Å². The van der Waals surface area contributed by atoms with E-state index in [1.54, 1.807) is 0 Å². The van der Waals surface area contributed by atoms with Gasteiger partial charge in [0.05, 0.1) is 6.54 Å². The van der Waals surface area contributed by atoms with Gasteiger partial charge in [-0.2, -0.15) is 0 Å². The Labute approximate surface area is 124 Å². The molecule has 1 aromatic rings. The summed E-state index contributed by atoms with van der Waals surface area (Å²) in [6.07, 6.45) is 3.73. The molecule has 104 valence electrons. The number of rotatable bonds is 4. The van der Waals surface area contributed by atoms with Crippen molar-refractivity contribution >= 4 is 21.7 Å². The molecule has 19 heavy (non-hydrogen) atoms. The first-order valence-electron chi connectivity index (χ1n) is 7.13. The SMILES string of the molecule is CCC1CCC(C)N(CC(=O)c2ccccc2Br)C1. The van der Waals surface area contributed by atoms with Gasteiger partial charge in [-0.3, -0.25) is 9.69 Å². The second kappa shape index (κ2) is 6.67. The van der Waals surface area contributed by atoms with Crippen LogP contribution < -0.4 is 0 Å². The molecule has 1 aliphatic rings. The van der Waals surface area contributed by atoms with Crippen molar-refractivity contribution in [3.63, 3.8) is 0 Å². The van der Waals surface area contributed by atoms with E-state index in [1.807, 2.05) is 24.3 Å². The number of halogens is 1. The minimum absolute atomic E-state index is 0.219. The van der Waals surface area contributed by atoms with Crippen molar-refractivity contribution in [2.45, 2.75) is 39.2 Å². The van der Waals surface area contributed by atoms with Gasteiger partial charge in [0, 0.05) is 22.6 Å². The highest BCUT2D eigenvalue weighted by Crippen LogP contribution is 2.25. The molecule has 0 aliphatic carbocycles. The Bertz CT molecular complexity index is 446. The van der Waals surface area contributed by atoms with Crippen molar-refractivity contribution in [2.24, 2.45) is 5.92 Å². The fraction of sp³-hybridized carbons (Fsp3) is 0.562. The Morgan fingerprint density at radius 3 is 2.79 bits per heavy atom. The summed E-state index contributed by atoms with van der Waals surface area (Å²) in [6.45, 7) is 6.09. The molecule has 0 N–H and O–H groups in total. The number of hydrogen-bond donors (Lipinski definition) is 0. The largest absolute Gasteiger partial charge is 0.293 e. The second-order valence-corrected chi connectivity index (χ2v) is 6.39. The van der Waals surface area contributed by atoms with Crippen LogP contribution in [0.2, 0.25) is 0 Å². The van der Waals surface area contributed by atoms with Crippen molar-refractivity contribution in [1.82, 2.24) is 4.90 Å². The molecule has 0 aromatic heterocycles. The molecule has 3 heteroatoms. The monoisotopic (exact) mass is 323 g/mol. The van der Waals surface area contributed by atoms with E-state index in [9.17, 15) is 4.79 Å². The standard InChI is InChI=1S/C16H22BrNO/c1-3-13-9-8-12(2)18(10-13)11-16(19)14-6-4-5-7-15(14)17/h4-7,12-13H,3,8-11H2,1-2H3. The number of Topliss-reactive ketones (excluding diaryl/α,β-unsaturated/α-hetero) is 1. The lowest BCUT2D eigenvalue weighted by atomic mass is 9.91. The number of piperidine rings is 1. The van der Waals surface area contributed by atoms with Gasteiger partial charge in [-0.15, -0.1) is 0 Å². The first-order chi connectivity index (χ1) is 9.11. The number of nitrogens with zero attached hydrogens (tertiary/aromatic N) is 1. The van der Waals surface area contributed by atoms with Gasteiger partial charge in [-0.1, -0.05) is 47.5 Å². The molecule has 0 bridgehead atoms. The lowest BCUT2D eigenvalue weighted by Gasteiger charge is -2.37. The first-order valence-corrected chi connectivity index (χ1v) is 7.93. The molecule has 2 atom stereocenters. The molecule has 1 heterocycles. The van der Waals surface area contributed by atoms with Gasteiger partial charge in [-0.05, 0) is 31.7 Å². The molecular formula is C16H22BrNO. The summed E-state index contributed by atoms with van der Waals surface area (Å²) in [5.74, 6) is 0.972. The first kappa shape index (κ1) is 14.7. The Kier molecular flexibility index (Phi) is 5.17. The van der Waals surface area contributed by atoms with E-state index >= 15 is 0 Å². The average Bonchev–Trinajstić information content (AvgIpc) is 2.41. The zero-order chi connectivity index (χ0) is 13.8. The van der Waals surface area contributed by atoms with Crippen molar-refractivity contribution in [1.29, 1.82) is 0 Å². The minimum Gasteiger partial charge on any atom is -0.293 e. The van der Waals surface area contributed by atoms with Gasteiger partial charge in [-0.25, -0.2) is 0 Å². The van der Waals surface area contributed by atoms with Crippen LogP contribution in [0.15, 0.2) is 28.7 Å². The summed E-state index contributed by atoms with van der Waals surface area (Å²) in [4.78, 5) is 14.7. The van der Waals surface area contributed by atoms with Gasteiger partial charge < -0.3 is 0 Å². The lowest BCUT2D eigenvalue weighted by Crippen LogP contribution is -2.44. The predicted molar refractivity (Wildman–Crippen MR) is 82.5 cm³/mol. The third-order valence-electron chi connectivity index (χ3n) is 4.21. The average molecular weight is 324 g/mol. The number of likely N-dealkylation sites (tertiary alicyclic amines) is 1. The molecule has 0 radical (unpaired) electrons. The maximum atomic E-state index is 12.4. The summed E-state index contributed by atoms with van der Waals surface area (Å²) in [5, 5.41) is 0. The topological polar surface area (TPSA) is 20.3 Å². The van der Waals surface area contributed by atoms with Gasteiger partial charge in [0.1, 0.15) is 0 Å². The normalized spacial score (nSPS) is 24.4. The van der Waals surface area contributed by atoms with E-state index in [1.165, 1.54) is 19.3 Å². The number of ketones is 1. The smallest absolute Gasteiger partial charge is 0.177 e. The molecular weight excluding hydrogens is 302 g/mol. The van der Waals surface area contributed by atoms with Gasteiger partial charge in [0.25, 0.3) is 0 Å². The third-order valence-corrected chi connectivity index (χ3v) is 4.90. The molecule has 0 saturated carbocycles. The second-order valence-electron chi connectivity index (χ2n) is 5.53. The fourth-order valence-electron chi connectivity index (χ4n) is 2.77. The van der Waals surface area contributed by atoms with Crippen LogP contribution in [0.4, 0.5) is 0 Å². The summed E-state index contributed by atoms with van der Waals surface area (Å²) in [6, 6.07) is 8.22. The molecule has 2 unspecified atom stereocenters. The van der Waals surface area contributed by atoms with Crippen LogP contribution in [0.25, 0.3) is 0 Å². The summed E-state index contributed by atoms with van der Waals surface area (Å²) in [7, 11) is 0. The van der Waals surface area contributed by atoms with Gasteiger partial charge >= 0.3 is 0 Å². The summed E-state index contributed by atoms with van der Waals surface area (Å²) >= 11 is 3.46. The Hall–Kier alpha value is -0.670. The number of carbonyl (C=O) groups is 1. The highest BCUT2D eigenvalue weighted by atomic mass is 79.9. The van der Waals surface area contributed by atoms with E-state index in [0.717, 1.165) is 22.5 Å². The molecule has 1 fully saturated rings. The van der Waals surface area contributed by atoms with E-state index < -0.39 is 0 Å². The van der Waals surface area contributed by atoms with Crippen LogP contribution in [-0.2, 0) is 0 Å². The van der Waals surface area contributed by atoms with Crippen molar-refractivity contribution in [3.8, 4) is 0 Å². The molecule has 2 rings (SSSR count). The van der Waals surface area contributed by atoms with E-state index in [0.29, 0.717) is 12.6 Å². The van der Waals surface area contributed by atoms with Crippen LogP contribution in [-0.4, -0.2) is 29.8 Å². The highest BCUT2D eigenvalue weighted by Gasteiger charge is 2.26.